The lowest BCUT2D eigenvalue weighted by Gasteiger charge is -2.05. The Hall–Kier alpha value is -2.69. The maximum absolute atomic E-state index is 10.4. The number of nitrogens with one attached hydrogen (secondary N) is 1. The van der Waals surface area contributed by atoms with E-state index in [4.69, 9.17) is 5.11 Å². The Kier molecular flexibility index (Phi) is 3.87. The topological polar surface area (TPSA) is 75.1 Å². The lowest BCUT2D eigenvalue weighted by Crippen LogP contribution is -1.97. The summed E-state index contributed by atoms with van der Waals surface area (Å²) in [7, 11) is 0. The van der Waals surface area contributed by atoms with Gasteiger partial charge >= 0.3 is 5.97 Å². The lowest BCUT2D eigenvalue weighted by molar-refractivity contribution is -0.131. The van der Waals surface area contributed by atoms with Crippen LogP contribution in [0.5, 0.6) is 0 Å². The van der Waals surface area contributed by atoms with Crippen LogP contribution in [0.1, 0.15) is 11.1 Å². The van der Waals surface area contributed by atoms with Gasteiger partial charge in [-0.2, -0.15) is 0 Å². The highest BCUT2D eigenvalue weighted by atomic mass is 16.4. The molecule has 0 radical (unpaired) electrons. The highest BCUT2D eigenvalue weighted by Gasteiger charge is 1.98. The molecule has 5 heteroatoms. The maximum atomic E-state index is 10.4. The predicted molar refractivity (Wildman–Crippen MR) is 73.2 cm³/mol. The molecule has 0 bridgehead atoms. The molecule has 0 saturated carbocycles. The van der Waals surface area contributed by atoms with Crippen molar-refractivity contribution in [1.82, 2.24) is 9.97 Å². The molecule has 96 valence electrons. The number of hydrogen-bond acceptors (Lipinski definition) is 4. The number of anilines is 2. The first kappa shape index (κ1) is 12.8. The van der Waals surface area contributed by atoms with Gasteiger partial charge in [0.05, 0.1) is 0 Å². The van der Waals surface area contributed by atoms with E-state index >= 15 is 0 Å². The molecule has 0 atom stereocenters. The Bertz CT molecular complexity index is 606. The molecule has 0 aliphatic heterocycles. The van der Waals surface area contributed by atoms with Gasteiger partial charge in [-0.25, -0.2) is 14.8 Å². The van der Waals surface area contributed by atoms with Crippen LogP contribution in [0.15, 0.2) is 42.7 Å². The fourth-order valence-electron chi connectivity index (χ4n) is 1.51. The van der Waals surface area contributed by atoms with E-state index < -0.39 is 5.97 Å². The smallest absolute Gasteiger partial charge is 0.328 e. The van der Waals surface area contributed by atoms with Crippen LogP contribution in [0.3, 0.4) is 0 Å². The van der Waals surface area contributed by atoms with Crippen molar-refractivity contribution in [3.05, 3.63) is 53.9 Å². The summed E-state index contributed by atoms with van der Waals surface area (Å²) in [6.45, 7) is 2.01. The van der Waals surface area contributed by atoms with Gasteiger partial charge in [0.1, 0.15) is 0 Å². The standard InChI is InChI=1S/C14H13N3O2/c1-10-3-2-4-12(7-10)17-14-15-8-11(9-16-14)5-6-13(18)19/h2-9H,1H3,(H,18,19)(H,15,16,17)/b6-5+. The molecule has 2 N–H and O–H groups in total. The molecule has 1 aromatic carbocycles. The van der Waals surface area contributed by atoms with Crippen LogP contribution in [0.2, 0.25) is 0 Å². The monoisotopic (exact) mass is 255 g/mol. The zero-order valence-electron chi connectivity index (χ0n) is 10.4. The molecule has 0 aliphatic rings. The number of aryl methyl sites for hydroxylation is 1. The van der Waals surface area contributed by atoms with E-state index in [0.29, 0.717) is 11.5 Å². The van der Waals surface area contributed by atoms with Crippen molar-refractivity contribution in [2.75, 3.05) is 5.32 Å². The molecule has 0 fully saturated rings. The number of benzene rings is 1. The van der Waals surface area contributed by atoms with Crippen LogP contribution < -0.4 is 5.32 Å². The van der Waals surface area contributed by atoms with Gasteiger partial charge in [-0.3, -0.25) is 0 Å². The van der Waals surface area contributed by atoms with Crippen molar-refractivity contribution in [3.8, 4) is 0 Å². The summed E-state index contributed by atoms with van der Waals surface area (Å²) >= 11 is 0. The molecule has 0 saturated heterocycles. The number of hydrogen-bond donors (Lipinski definition) is 2. The first-order valence-electron chi connectivity index (χ1n) is 5.70. The fraction of sp³-hybridized carbons (Fsp3) is 0.0714. The SMILES string of the molecule is Cc1cccc(Nc2ncc(/C=C/C(=O)O)cn2)c1. The summed E-state index contributed by atoms with van der Waals surface area (Å²) in [5, 5.41) is 11.6. The molecule has 1 heterocycles. The van der Waals surface area contributed by atoms with Crippen molar-refractivity contribution in [1.29, 1.82) is 0 Å². The second-order valence-electron chi connectivity index (χ2n) is 4.01. The summed E-state index contributed by atoms with van der Waals surface area (Å²) < 4.78 is 0. The summed E-state index contributed by atoms with van der Waals surface area (Å²) in [6.07, 6.45) is 5.61. The number of aliphatic carboxylic acids is 1. The molecular formula is C14H13N3O2. The van der Waals surface area contributed by atoms with Crippen molar-refractivity contribution in [3.63, 3.8) is 0 Å². The van der Waals surface area contributed by atoms with Gasteiger partial charge in [-0.1, -0.05) is 12.1 Å². The maximum Gasteiger partial charge on any atom is 0.328 e. The fourth-order valence-corrected chi connectivity index (χ4v) is 1.51. The van der Waals surface area contributed by atoms with Crippen molar-refractivity contribution < 1.29 is 9.90 Å². The lowest BCUT2D eigenvalue weighted by atomic mass is 10.2. The van der Waals surface area contributed by atoms with E-state index in [1.165, 1.54) is 6.08 Å². The average molecular weight is 255 g/mol. The Balaban J connectivity index is 2.08. The third-order valence-corrected chi connectivity index (χ3v) is 2.36. The third-order valence-electron chi connectivity index (χ3n) is 2.36. The predicted octanol–water partition coefficient (Wildman–Crippen LogP) is 2.63. The second kappa shape index (κ2) is 5.77. The van der Waals surface area contributed by atoms with Gasteiger partial charge in [0.2, 0.25) is 5.95 Å². The van der Waals surface area contributed by atoms with E-state index in [0.717, 1.165) is 17.3 Å². The molecule has 5 nitrogen and oxygen atoms in total. The summed E-state index contributed by atoms with van der Waals surface area (Å²) in [5.74, 6) is -0.528. The van der Waals surface area contributed by atoms with Crippen LogP contribution in [0.25, 0.3) is 6.08 Å². The number of carbonyl (C=O) groups is 1. The minimum atomic E-state index is -0.998. The molecule has 0 spiro atoms. The molecule has 2 rings (SSSR count). The molecule has 0 unspecified atom stereocenters. The quantitative estimate of drug-likeness (QED) is 0.821. The van der Waals surface area contributed by atoms with Crippen molar-refractivity contribution >= 4 is 23.7 Å². The minimum Gasteiger partial charge on any atom is -0.478 e. The van der Waals surface area contributed by atoms with Crippen LogP contribution in [0, 0.1) is 6.92 Å². The van der Waals surface area contributed by atoms with E-state index in [-0.39, 0.29) is 0 Å². The summed E-state index contributed by atoms with van der Waals surface area (Å²) in [5.41, 5.74) is 2.69. The Morgan fingerprint density at radius 3 is 2.68 bits per heavy atom. The largest absolute Gasteiger partial charge is 0.478 e. The van der Waals surface area contributed by atoms with Gasteiger partial charge < -0.3 is 10.4 Å². The van der Waals surface area contributed by atoms with Crippen LogP contribution >= 0.6 is 0 Å². The number of nitrogens with zero attached hydrogens (tertiary/aromatic N) is 2. The average Bonchev–Trinajstić information content (AvgIpc) is 2.38. The Morgan fingerprint density at radius 1 is 1.32 bits per heavy atom. The molecule has 0 aliphatic carbocycles. The summed E-state index contributed by atoms with van der Waals surface area (Å²) in [6, 6.07) is 7.86. The molecule has 1 aromatic heterocycles. The van der Waals surface area contributed by atoms with E-state index in [1.807, 2.05) is 31.2 Å². The highest BCUT2D eigenvalue weighted by Crippen LogP contribution is 2.14. The van der Waals surface area contributed by atoms with Crippen molar-refractivity contribution in [2.45, 2.75) is 6.92 Å². The van der Waals surface area contributed by atoms with Crippen LogP contribution in [-0.2, 0) is 4.79 Å². The van der Waals surface area contributed by atoms with Gasteiger partial charge in [0, 0.05) is 29.7 Å². The van der Waals surface area contributed by atoms with Gasteiger partial charge in [0.25, 0.3) is 0 Å². The zero-order chi connectivity index (χ0) is 13.7. The van der Waals surface area contributed by atoms with Gasteiger partial charge in [-0.05, 0) is 30.7 Å². The number of carboxylic acids is 1. The Labute approximate surface area is 110 Å². The zero-order valence-corrected chi connectivity index (χ0v) is 10.4. The van der Waals surface area contributed by atoms with Crippen molar-refractivity contribution in [2.24, 2.45) is 0 Å². The molecule has 19 heavy (non-hydrogen) atoms. The molecule has 0 amide bonds. The van der Waals surface area contributed by atoms with Gasteiger partial charge in [-0.15, -0.1) is 0 Å². The number of carboxylic acid groups (broad SMARTS) is 1. The highest BCUT2D eigenvalue weighted by molar-refractivity contribution is 5.85. The third kappa shape index (κ3) is 3.92. The normalized spacial score (nSPS) is 10.6. The first-order valence-corrected chi connectivity index (χ1v) is 5.70. The second-order valence-corrected chi connectivity index (χ2v) is 4.01. The van der Waals surface area contributed by atoms with Crippen LogP contribution in [0.4, 0.5) is 11.6 Å². The van der Waals surface area contributed by atoms with E-state index in [9.17, 15) is 4.79 Å². The molecular weight excluding hydrogens is 242 g/mol. The van der Waals surface area contributed by atoms with E-state index in [1.54, 1.807) is 12.4 Å². The number of aromatic nitrogens is 2. The molecule has 2 aromatic rings. The van der Waals surface area contributed by atoms with Gasteiger partial charge in [0.15, 0.2) is 0 Å². The van der Waals surface area contributed by atoms with Crippen LogP contribution in [-0.4, -0.2) is 21.0 Å². The first-order chi connectivity index (χ1) is 9.13. The van der Waals surface area contributed by atoms with E-state index in [2.05, 4.69) is 15.3 Å². The Morgan fingerprint density at radius 2 is 2.05 bits per heavy atom. The minimum absolute atomic E-state index is 0.470. The summed E-state index contributed by atoms with van der Waals surface area (Å²) in [4.78, 5) is 18.6. The number of rotatable bonds is 4.